The highest BCUT2D eigenvalue weighted by molar-refractivity contribution is 6.29. The average molecular weight is 299 g/mol. The van der Waals surface area contributed by atoms with Gasteiger partial charge in [0, 0.05) is 31.0 Å². The molecule has 0 spiro atoms. The SMILES string of the molecule is CCc1cc(C(=O)N(CCOC)C(C)CC)cc(Cl)n1. The third kappa shape index (κ3) is 4.46. The highest BCUT2D eigenvalue weighted by atomic mass is 35.5. The lowest BCUT2D eigenvalue weighted by Gasteiger charge is -2.28. The zero-order valence-corrected chi connectivity index (χ0v) is 13.4. The summed E-state index contributed by atoms with van der Waals surface area (Å²) in [4.78, 5) is 18.7. The van der Waals surface area contributed by atoms with Crippen LogP contribution in [-0.4, -0.2) is 42.1 Å². The third-order valence-electron chi connectivity index (χ3n) is 3.38. The van der Waals surface area contributed by atoms with E-state index in [1.54, 1.807) is 13.2 Å². The lowest BCUT2D eigenvalue weighted by Crippen LogP contribution is -2.40. The first kappa shape index (κ1) is 16.9. The zero-order valence-electron chi connectivity index (χ0n) is 12.6. The van der Waals surface area contributed by atoms with Crippen LogP contribution in [0.2, 0.25) is 5.15 Å². The Morgan fingerprint density at radius 1 is 1.45 bits per heavy atom. The molecule has 1 aromatic heterocycles. The van der Waals surface area contributed by atoms with E-state index in [0.717, 1.165) is 18.5 Å². The van der Waals surface area contributed by atoms with Gasteiger partial charge in [-0.3, -0.25) is 4.79 Å². The Labute approximate surface area is 126 Å². The van der Waals surface area contributed by atoms with Crippen molar-refractivity contribution in [2.45, 2.75) is 39.7 Å². The summed E-state index contributed by atoms with van der Waals surface area (Å²) in [6.45, 7) is 7.19. The standard InChI is InChI=1S/C15H23ClN2O2/c1-5-11(3)18(7-8-20-4)15(19)12-9-13(6-2)17-14(16)10-12/h9-11H,5-8H2,1-4H3. The van der Waals surface area contributed by atoms with Crippen molar-refractivity contribution in [3.05, 3.63) is 28.5 Å². The van der Waals surface area contributed by atoms with Crippen LogP contribution >= 0.6 is 11.6 Å². The molecule has 1 heterocycles. The Morgan fingerprint density at radius 2 is 2.15 bits per heavy atom. The van der Waals surface area contributed by atoms with E-state index in [0.29, 0.717) is 23.9 Å². The number of carbonyl (C=O) groups is 1. The lowest BCUT2D eigenvalue weighted by atomic mass is 10.1. The number of hydrogen-bond acceptors (Lipinski definition) is 3. The van der Waals surface area contributed by atoms with Crippen molar-refractivity contribution in [3.63, 3.8) is 0 Å². The van der Waals surface area contributed by atoms with Crippen molar-refractivity contribution in [2.75, 3.05) is 20.3 Å². The van der Waals surface area contributed by atoms with E-state index in [4.69, 9.17) is 16.3 Å². The maximum atomic E-state index is 12.7. The maximum absolute atomic E-state index is 12.7. The summed E-state index contributed by atoms with van der Waals surface area (Å²) in [6.07, 6.45) is 1.65. The summed E-state index contributed by atoms with van der Waals surface area (Å²) in [7, 11) is 1.64. The molecule has 1 amide bonds. The molecule has 1 atom stereocenters. The number of amides is 1. The molecule has 1 rings (SSSR count). The second-order valence-corrected chi connectivity index (χ2v) is 5.16. The summed E-state index contributed by atoms with van der Waals surface area (Å²) < 4.78 is 5.09. The Bertz CT molecular complexity index is 451. The maximum Gasteiger partial charge on any atom is 0.254 e. The summed E-state index contributed by atoms with van der Waals surface area (Å²) in [5.74, 6) is -0.0181. The van der Waals surface area contributed by atoms with Crippen molar-refractivity contribution in [1.29, 1.82) is 0 Å². The number of nitrogens with zero attached hydrogens (tertiary/aromatic N) is 2. The molecule has 0 aliphatic rings. The molecule has 5 heteroatoms. The number of pyridine rings is 1. The van der Waals surface area contributed by atoms with Crippen LogP contribution in [0.4, 0.5) is 0 Å². The van der Waals surface area contributed by atoms with Gasteiger partial charge in [0.05, 0.1) is 6.61 Å². The van der Waals surface area contributed by atoms with Gasteiger partial charge in [-0.25, -0.2) is 4.98 Å². The van der Waals surface area contributed by atoms with Gasteiger partial charge in [-0.05, 0) is 31.9 Å². The van der Waals surface area contributed by atoms with Crippen LogP contribution in [0, 0.1) is 0 Å². The molecule has 112 valence electrons. The molecular formula is C15H23ClN2O2. The van der Waals surface area contributed by atoms with Crippen LogP contribution in [0.15, 0.2) is 12.1 Å². The van der Waals surface area contributed by atoms with Crippen LogP contribution in [0.25, 0.3) is 0 Å². The van der Waals surface area contributed by atoms with Crippen molar-refractivity contribution in [2.24, 2.45) is 0 Å². The first-order valence-corrected chi connectivity index (χ1v) is 7.37. The van der Waals surface area contributed by atoms with Gasteiger partial charge in [0.25, 0.3) is 5.91 Å². The molecule has 0 N–H and O–H groups in total. The molecule has 0 aromatic carbocycles. The van der Waals surface area contributed by atoms with Crippen LogP contribution in [0.3, 0.4) is 0 Å². The van der Waals surface area contributed by atoms with E-state index < -0.39 is 0 Å². The number of ether oxygens (including phenoxy) is 1. The van der Waals surface area contributed by atoms with Gasteiger partial charge in [-0.2, -0.15) is 0 Å². The first-order chi connectivity index (χ1) is 9.53. The molecule has 0 radical (unpaired) electrons. The highest BCUT2D eigenvalue weighted by Gasteiger charge is 2.21. The third-order valence-corrected chi connectivity index (χ3v) is 3.57. The van der Waals surface area contributed by atoms with Gasteiger partial charge >= 0.3 is 0 Å². The van der Waals surface area contributed by atoms with Gasteiger partial charge in [-0.1, -0.05) is 25.4 Å². The van der Waals surface area contributed by atoms with Crippen molar-refractivity contribution in [1.82, 2.24) is 9.88 Å². The molecule has 1 aromatic rings. The minimum atomic E-state index is -0.0181. The van der Waals surface area contributed by atoms with E-state index in [1.165, 1.54) is 0 Å². The fourth-order valence-electron chi connectivity index (χ4n) is 1.95. The first-order valence-electron chi connectivity index (χ1n) is 6.99. The largest absolute Gasteiger partial charge is 0.383 e. The van der Waals surface area contributed by atoms with E-state index in [-0.39, 0.29) is 11.9 Å². The Morgan fingerprint density at radius 3 is 2.70 bits per heavy atom. The number of halogens is 1. The van der Waals surface area contributed by atoms with Crippen LogP contribution in [-0.2, 0) is 11.2 Å². The predicted octanol–water partition coefficient (Wildman–Crippen LogP) is 3.18. The van der Waals surface area contributed by atoms with E-state index in [9.17, 15) is 4.79 Å². The number of carbonyl (C=O) groups excluding carboxylic acids is 1. The van der Waals surface area contributed by atoms with Crippen LogP contribution in [0.1, 0.15) is 43.2 Å². The second-order valence-electron chi connectivity index (χ2n) is 4.77. The number of rotatable bonds is 7. The summed E-state index contributed by atoms with van der Waals surface area (Å²) in [5, 5.41) is 0.364. The molecule has 0 bridgehead atoms. The molecule has 4 nitrogen and oxygen atoms in total. The summed E-state index contributed by atoms with van der Waals surface area (Å²) in [6, 6.07) is 3.61. The molecule has 0 aliphatic heterocycles. The van der Waals surface area contributed by atoms with Crippen molar-refractivity contribution < 1.29 is 9.53 Å². The van der Waals surface area contributed by atoms with Crippen molar-refractivity contribution in [3.8, 4) is 0 Å². The zero-order chi connectivity index (χ0) is 15.1. The minimum absolute atomic E-state index is 0.0181. The normalized spacial score (nSPS) is 12.2. The van der Waals surface area contributed by atoms with Gasteiger partial charge < -0.3 is 9.64 Å². The molecule has 0 aliphatic carbocycles. The topological polar surface area (TPSA) is 42.4 Å². The fraction of sp³-hybridized carbons (Fsp3) is 0.600. The van der Waals surface area contributed by atoms with Gasteiger partial charge in [0.1, 0.15) is 5.15 Å². The Hall–Kier alpha value is -1.13. The minimum Gasteiger partial charge on any atom is -0.383 e. The number of aryl methyl sites for hydroxylation is 1. The summed E-state index contributed by atoms with van der Waals surface area (Å²) in [5.41, 5.74) is 1.43. The number of hydrogen-bond donors (Lipinski definition) is 0. The molecular weight excluding hydrogens is 276 g/mol. The van der Waals surface area contributed by atoms with E-state index in [1.807, 2.05) is 24.8 Å². The molecule has 0 fully saturated rings. The number of methoxy groups -OCH3 is 1. The Balaban J connectivity index is 3.01. The predicted molar refractivity (Wildman–Crippen MR) is 81.3 cm³/mol. The van der Waals surface area contributed by atoms with E-state index >= 15 is 0 Å². The highest BCUT2D eigenvalue weighted by Crippen LogP contribution is 2.16. The smallest absolute Gasteiger partial charge is 0.254 e. The quantitative estimate of drug-likeness (QED) is 0.726. The molecule has 0 saturated carbocycles. The van der Waals surface area contributed by atoms with Crippen LogP contribution in [0.5, 0.6) is 0 Å². The second kappa shape index (κ2) is 8.22. The monoisotopic (exact) mass is 298 g/mol. The van der Waals surface area contributed by atoms with Gasteiger partial charge in [0.15, 0.2) is 0 Å². The van der Waals surface area contributed by atoms with Gasteiger partial charge in [0.2, 0.25) is 0 Å². The van der Waals surface area contributed by atoms with Crippen molar-refractivity contribution >= 4 is 17.5 Å². The van der Waals surface area contributed by atoms with E-state index in [2.05, 4.69) is 11.9 Å². The molecule has 20 heavy (non-hydrogen) atoms. The number of aromatic nitrogens is 1. The lowest BCUT2D eigenvalue weighted by molar-refractivity contribution is 0.0613. The average Bonchev–Trinajstić information content (AvgIpc) is 2.46. The molecule has 0 saturated heterocycles. The van der Waals surface area contributed by atoms with Crippen LogP contribution < -0.4 is 0 Å². The Kier molecular flexibility index (Phi) is 6.96. The molecule has 1 unspecified atom stereocenters. The summed E-state index contributed by atoms with van der Waals surface area (Å²) >= 11 is 5.99. The van der Waals surface area contributed by atoms with Gasteiger partial charge in [-0.15, -0.1) is 0 Å². The fourth-order valence-corrected chi connectivity index (χ4v) is 2.18.